The minimum absolute atomic E-state index is 0.0318. The summed E-state index contributed by atoms with van der Waals surface area (Å²) in [7, 11) is 0. The van der Waals surface area contributed by atoms with Crippen LogP contribution in [0.4, 0.5) is 5.69 Å². The van der Waals surface area contributed by atoms with Gasteiger partial charge in [-0.3, -0.25) is 14.3 Å². The Balaban J connectivity index is 1.52. The van der Waals surface area contributed by atoms with Gasteiger partial charge in [0.2, 0.25) is 5.91 Å². The number of benzene rings is 1. The second-order valence-electron chi connectivity index (χ2n) is 7.86. The monoisotopic (exact) mass is 421 g/mol. The van der Waals surface area contributed by atoms with Gasteiger partial charge in [-0.1, -0.05) is 48.7 Å². The third kappa shape index (κ3) is 4.73. The van der Waals surface area contributed by atoms with Gasteiger partial charge in [-0.2, -0.15) is 0 Å². The zero-order chi connectivity index (χ0) is 20.9. The highest BCUT2D eigenvalue weighted by atomic mass is 32.2. The number of pyridine rings is 1. The molecule has 1 aliphatic carbocycles. The molecule has 0 saturated heterocycles. The van der Waals surface area contributed by atoms with Gasteiger partial charge >= 0.3 is 0 Å². The Kier molecular flexibility index (Phi) is 6.47. The molecular formula is C23H27N5OS. The van der Waals surface area contributed by atoms with Crippen LogP contribution >= 0.6 is 11.8 Å². The number of hydrogen-bond acceptors (Lipinski definition) is 5. The van der Waals surface area contributed by atoms with E-state index in [1.807, 2.05) is 38.1 Å². The fraction of sp³-hybridized carbons (Fsp3) is 0.391. The number of nitrogens with one attached hydrogen (secondary N) is 1. The van der Waals surface area contributed by atoms with Crippen LogP contribution in [0.2, 0.25) is 0 Å². The highest BCUT2D eigenvalue weighted by molar-refractivity contribution is 7.99. The van der Waals surface area contributed by atoms with E-state index in [1.54, 1.807) is 12.4 Å². The molecule has 1 N–H and O–H groups in total. The number of nitrogens with zero attached hydrogens (tertiary/aromatic N) is 4. The van der Waals surface area contributed by atoms with E-state index in [1.165, 1.54) is 36.6 Å². The third-order valence-electron chi connectivity index (χ3n) is 5.53. The Morgan fingerprint density at radius 3 is 2.60 bits per heavy atom. The number of aryl methyl sites for hydroxylation is 2. The maximum atomic E-state index is 12.6. The lowest BCUT2D eigenvalue weighted by molar-refractivity contribution is -0.113. The molecule has 1 aliphatic rings. The number of rotatable bonds is 6. The third-order valence-corrected chi connectivity index (χ3v) is 6.47. The molecule has 2 heterocycles. The molecule has 1 amide bonds. The molecule has 0 unspecified atom stereocenters. The topological polar surface area (TPSA) is 72.7 Å². The van der Waals surface area contributed by atoms with Crippen LogP contribution in [0.3, 0.4) is 0 Å². The molecule has 2 aromatic heterocycles. The van der Waals surface area contributed by atoms with Gasteiger partial charge in [-0.25, -0.2) is 0 Å². The second-order valence-corrected chi connectivity index (χ2v) is 8.80. The SMILES string of the molecule is Cc1ccc(NC(=O)CSc2nnc(-c3ccncc3)n2C2CCCCC2)c(C)c1. The average molecular weight is 422 g/mol. The first-order valence-electron chi connectivity index (χ1n) is 10.5. The zero-order valence-corrected chi connectivity index (χ0v) is 18.3. The maximum absolute atomic E-state index is 12.6. The Morgan fingerprint density at radius 2 is 1.87 bits per heavy atom. The van der Waals surface area contributed by atoms with Crippen molar-refractivity contribution < 1.29 is 4.79 Å². The fourth-order valence-corrected chi connectivity index (χ4v) is 4.82. The molecule has 0 bridgehead atoms. The molecule has 30 heavy (non-hydrogen) atoms. The van der Waals surface area contributed by atoms with Crippen molar-refractivity contribution >= 4 is 23.4 Å². The molecule has 0 atom stereocenters. The lowest BCUT2D eigenvalue weighted by Crippen LogP contribution is -2.17. The van der Waals surface area contributed by atoms with Crippen molar-refractivity contribution in [2.45, 2.75) is 57.1 Å². The molecule has 0 spiro atoms. The van der Waals surface area contributed by atoms with E-state index in [0.717, 1.165) is 40.6 Å². The highest BCUT2D eigenvalue weighted by Crippen LogP contribution is 2.35. The summed E-state index contributed by atoms with van der Waals surface area (Å²) < 4.78 is 2.24. The minimum atomic E-state index is -0.0318. The van der Waals surface area contributed by atoms with E-state index in [4.69, 9.17) is 0 Å². The molecule has 0 radical (unpaired) electrons. The number of carbonyl (C=O) groups is 1. The molecule has 3 aromatic rings. The number of anilines is 1. The Morgan fingerprint density at radius 1 is 1.10 bits per heavy atom. The minimum Gasteiger partial charge on any atom is -0.325 e. The lowest BCUT2D eigenvalue weighted by atomic mass is 9.95. The highest BCUT2D eigenvalue weighted by Gasteiger charge is 2.24. The summed E-state index contributed by atoms with van der Waals surface area (Å²) in [4.78, 5) is 16.7. The van der Waals surface area contributed by atoms with E-state index < -0.39 is 0 Å². The van der Waals surface area contributed by atoms with E-state index >= 15 is 0 Å². The first-order chi connectivity index (χ1) is 14.6. The average Bonchev–Trinajstić information content (AvgIpc) is 3.19. The molecule has 1 saturated carbocycles. The van der Waals surface area contributed by atoms with Crippen LogP contribution in [0.1, 0.15) is 49.3 Å². The summed E-state index contributed by atoms with van der Waals surface area (Å²) >= 11 is 1.45. The van der Waals surface area contributed by atoms with Crippen LogP contribution in [0, 0.1) is 13.8 Å². The number of thioether (sulfide) groups is 1. The second kappa shape index (κ2) is 9.43. The van der Waals surface area contributed by atoms with Gasteiger partial charge in [0.25, 0.3) is 0 Å². The van der Waals surface area contributed by atoms with Crippen LogP contribution in [-0.2, 0) is 4.79 Å². The van der Waals surface area contributed by atoms with E-state index in [-0.39, 0.29) is 5.91 Å². The van der Waals surface area contributed by atoms with Crippen LogP contribution in [0.25, 0.3) is 11.4 Å². The summed E-state index contributed by atoms with van der Waals surface area (Å²) in [5.41, 5.74) is 4.12. The number of amides is 1. The van der Waals surface area contributed by atoms with Crippen molar-refractivity contribution in [3.05, 3.63) is 53.9 Å². The van der Waals surface area contributed by atoms with Gasteiger partial charge in [0.1, 0.15) is 0 Å². The first kappa shape index (κ1) is 20.6. The van der Waals surface area contributed by atoms with Crippen molar-refractivity contribution in [3.63, 3.8) is 0 Å². The molecule has 156 valence electrons. The predicted molar refractivity (Wildman–Crippen MR) is 121 cm³/mol. The number of aromatic nitrogens is 4. The number of hydrogen-bond donors (Lipinski definition) is 1. The van der Waals surface area contributed by atoms with Crippen LogP contribution in [0.15, 0.2) is 47.9 Å². The zero-order valence-electron chi connectivity index (χ0n) is 17.5. The van der Waals surface area contributed by atoms with Crippen molar-refractivity contribution in [1.29, 1.82) is 0 Å². The molecule has 4 rings (SSSR count). The molecule has 6 nitrogen and oxygen atoms in total. The Hall–Kier alpha value is -2.67. The Bertz CT molecular complexity index is 1010. The van der Waals surface area contributed by atoms with E-state index in [0.29, 0.717) is 11.8 Å². The quantitative estimate of drug-likeness (QED) is 0.554. The molecular weight excluding hydrogens is 394 g/mol. The summed E-state index contributed by atoms with van der Waals surface area (Å²) in [6.45, 7) is 4.06. The number of carbonyl (C=O) groups excluding carboxylic acids is 1. The van der Waals surface area contributed by atoms with Gasteiger partial charge < -0.3 is 5.32 Å². The van der Waals surface area contributed by atoms with Crippen LogP contribution < -0.4 is 5.32 Å². The summed E-state index contributed by atoms with van der Waals surface area (Å²) in [6.07, 6.45) is 9.52. The summed E-state index contributed by atoms with van der Waals surface area (Å²) in [6, 6.07) is 10.3. The van der Waals surface area contributed by atoms with Crippen molar-refractivity contribution in [3.8, 4) is 11.4 Å². The molecule has 7 heteroatoms. The molecule has 1 fully saturated rings. The standard InChI is InChI=1S/C23H27N5OS/c1-16-8-9-20(17(2)14-16)25-21(29)15-30-23-27-26-22(18-10-12-24-13-11-18)28(23)19-6-4-3-5-7-19/h8-14,19H,3-7,15H2,1-2H3,(H,25,29). The van der Waals surface area contributed by atoms with Gasteiger partial charge in [0, 0.05) is 29.7 Å². The van der Waals surface area contributed by atoms with Crippen LogP contribution in [-0.4, -0.2) is 31.4 Å². The van der Waals surface area contributed by atoms with Crippen LogP contribution in [0.5, 0.6) is 0 Å². The van der Waals surface area contributed by atoms with Crippen molar-refractivity contribution in [2.75, 3.05) is 11.1 Å². The maximum Gasteiger partial charge on any atom is 0.234 e. The normalized spacial score (nSPS) is 14.6. The predicted octanol–water partition coefficient (Wildman–Crippen LogP) is 5.19. The van der Waals surface area contributed by atoms with Crippen molar-refractivity contribution in [1.82, 2.24) is 19.7 Å². The van der Waals surface area contributed by atoms with Gasteiger partial charge in [-0.05, 0) is 50.5 Å². The van der Waals surface area contributed by atoms with E-state index in [2.05, 4.69) is 31.1 Å². The molecule has 0 aliphatic heterocycles. The van der Waals surface area contributed by atoms with Crippen molar-refractivity contribution in [2.24, 2.45) is 0 Å². The first-order valence-corrected chi connectivity index (χ1v) is 11.5. The largest absolute Gasteiger partial charge is 0.325 e. The van der Waals surface area contributed by atoms with E-state index in [9.17, 15) is 4.79 Å². The molecule has 1 aromatic carbocycles. The lowest BCUT2D eigenvalue weighted by Gasteiger charge is -2.25. The summed E-state index contributed by atoms with van der Waals surface area (Å²) in [5.74, 6) is 1.13. The van der Waals surface area contributed by atoms with Gasteiger partial charge in [0.15, 0.2) is 11.0 Å². The Labute approximate surface area is 181 Å². The van der Waals surface area contributed by atoms with Gasteiger partial charge in [-0.15, -0.1) is 10.2 Å². The smallest absolute Gasteiger partial charge is 0.234 e. The van der Waals surface area contributed by atoms with Gasteiger partial charge in [0.05, 0.1) is 5.75 Å². The fourth-order valence-electron chi connectivity index (χ4n) is 4.01. The summed E-state index contributed by atoms with van der Waals surface area (Å²) in [5, 5.41) is 12.8.